The first kappa shape index (κ1) is 18.8. The molecular weight excluding hydrogens is 392 g/mol. The van der Waals surface area contributed by atoms with E-state index in [0.29, 0.717) is 37.2 Å². The Morgan fingerprint density at radius 2 is 1.86 bits per heavy atom. The molecule has 0 radical (unpaired) electrons. The van der Waals surface area contributed by atoms with Gasteiger partial charge in [0.05, 0.1) is 7.11 Å². The second-order valence-corrected chi connectivity index (χ2v) is 8.35. The number of thiophene rings is 1. The number of rotatable bonds is 5. The van der Waals surface area contributed by atoms with Crippen molar-refractivity contribution in [3.63, 3.8) is 0 Å². The molecular formula is C21H20N2O3S2. The lowest BCUT2D eigenvalue weighted by atomic mass is 9.89. The van der Waals surface area contributed by atoms with E-state index in [1.807, 2.05) is 27.1 Å². The Morgan fingerprint density at radius 3 is 2.50 bits per heavy atom. The molecule has 1 aromatic carbocycles. The van der Waals surface area contributed by atoms with E-state index in [1.165, 1.54) is 11.3 Å². The highest BCUT2D eigenvalue weighted by Gasteiger charge is 2.29. The summed E-state index contributed by atoms with van der Waals surface area (Å²) in [7, 11) is 1.61. The Kier molecular flexibility index (Phi) is 5.54. The lowest BCUT2D eigenvalue weighted by Gasteiger charge is -2.31. The molecule has 4 rings (SSSR count). The van der Waals surface area contributed by atoms with E-state index in [2.05, 4.69) is 4.98 Å². The molecule has 1 fully saturated rings. The average Bonchev–Trinajstić information content (AvgIpc) is 3.45. The molecule has 0 aliphatic carbocycles. The van der Waals surface area contributed by atoms with Crippen LogP contribution in [-0.4, -0.2) is 41.8 Å². The third-order valence-electron chi connectivity index (χ3n) is 5.02. The number of aromatic nitrogens is 1. The molecule has 28 heavy (non-hydrogen) atoms. The lowest BCUT2D eigenvalue weighted by Crippen LogP contribution is -2.40. The summed E-state index contributed by atoms with van der Waals surface area (Å²) in [5.74, 6) is 0.785. The number of benzene rings is 1. The number of ketones is 1. The number of amides is 1. The SMILES string of the molecule is COc1ccc(C(=O)C2CCN(C(=O)c3csc(-c4ccsc4)n3)CC2)cc1. The third kappa shape index (κ3) is 3.86. The summed E-state index contributed by atoms with van der Waals surface area (Å²) >= 11 is 3.10. The summed E-state index contributed by atoms with van der Waals surface area (Å²) in [6.07, 6.45) is 1.36. The molecule has 0 saturated carbocycles. The van der Waals surface area contributed by atoms with E-state index in [4.69, 9.17) is 4.74 Å². The van der Waals surface area contributed by atoms with Gasteiger partial charge in [0.2, 0.25) is 0 Å². The lowest BCUT2D eigenvalue weighted by molar-refractivity contribution is 0.0646. The van der Waals surface area contributed by atoms with Crippen molar-refractivity contribution in [2.45, 2.75) is 12.8 Å². The first-order valence-electron chi connectivity index (χ1n) is 9.11. The first-order chi connectivity index (χ1) is 13.7. The third-order valence-corrected chi connectivity index (χ3v) is 6.59. The van der Waals surface area contributed by atoms with Crippen molar-refractivity contribution in [3.8, 4) is 16.3 Å². The van der Waals surface area contributed by atoms with Gasteiger partial charge >= 0.3 is 0 Å². The highest BCUT2D eigenvalue weighted by molar-refractivity contribution is 7.14. The Labute approximate surface area is 171 Å². The smallest absolute Gasteiger partial charge is 0.273 e. The van der Waals surface area contributed by atoms with E-state index in [-0.39, 0.29) is 17.6 Å². The summed E-state index contributed by atoms with van der Waals surface area (Å²) in [6, 6.07) is 9.23. The Bertz CT molecular complexity index is 956. The largest absolute Gasteiger partial charge is 0.497 e. The number of nitrogens with zero attached hydrogens (tertiary/aromatic N) is 2. The van der Waals surface area contributed by atoms with Crippen LogP contribution < -0.4 is 4.74 Å². The number of likely N-dealkylation sites (tertiary alicyclic amines) is 1. The molecule has 1 aliphatic rings. The minimum Gasteiger partial charge on any atom is -0.497 e. The maximum atomic E-state index is 12.8. The number of methoxy groups -OCH3 is 1. The molecule has 3 aromatic rings. The zero-order valence-corrected chi connectivity index (χ0v) is 17.1. The number of hydrogen-bond donors (Lipinski definition) is 0. The summed E-state index contributed by atoms with van der Waals surface area (Å²) in [5, 5.41) is 6.73. The number of thiazole rings is 1. The quantitative estimate of drug-likeness (QED) is 0.574. The van der Waals surface area contributed by atoms with Gasteiger partial charge in [-0.25, -0.2) is 4.98 Å². The van der Waals surface area contributed by atoms with Gasteiger partial charge in [0, 0.05) is 40.9 Å². The fourth-order valence-corrected chi connectivity index (χ4v) is 4.89. The van der Waals surface area contributed by atoms with Crippen LogP contribution in [0.15, 0.2) is 46.5 Å². The van der Waals surface area contributed by atoms with Crippen LogP contribution in [0.25, 0.3) is 10.6 Å². The van der Waals surface area contributed by atoms with Gasteiger partial charge in [0.25, 0.3) is 5.91 Å². The van der Waals surface area contributed by atoms with Crippen LogP contribution in [0.1, 0.15) is 33.7 Å². The van der Waals surface area contributed by atoms with Crippen molar-refractivity contribution < 1.29 is 14.3 Å². The molecule has 1 amide bonds. The molecule has 3 heterocycles. The van der Waals surface area contributed by atoms with E-state index in [9.17, 15) is 9.59 Å². The van der Waals surface area contributed by atoms with E-state index in [1.54, 1.807) is 42.7 Å². The molecule has 144 valence electrons. The highest BCUT2D eigenvalue weighted by atomic mass is 32.1. The van der Waals surface area contributed by atoms with Gasteiger partial charge in [0.1, 0.15) is 16.5 Å². The molecule has 0 bridgehead atoms. The van der Waals surface area contributed by atoms with Crippen LogP contribution in [0, 0.1) is 5.92 Å². The first-order valence-corrected chi connectivity index (χ1v) is 10.9. The predicted octanol–water partition coefficient (Wildman–Crippen LogP) is 4.62. The number of ether oxygens (including phenoxy) is 1. The highest BCUT2D eigenvalue weighted by Crippen LogP contribution is 2.28. The predicted molar refractivity (Wildman–Crippen MR) is 111 cm³/mol. The Morgan fingerprint density at radius 1 is 1.11 bits per heavy atom. The second kappa shape index (κ2) is 8.24. The van der Waals surface area contributed by atoms with Crippen molar-refractivity contribution in [1.82, 2.24) is 9.88 Å². The van der Waals surface area contributed by atoms with E-state index >= 15 is 0 Å². The van der Waals surface area contributed by atoms with Crippen molar-refractivity contribution >= 4 is 34.4 Å². The number of hydrogen-bond acceptors (Lipinski definition) is 6. The van der Waals surface area contributed by atoms with Crippen molar-refractivity contribution in [3.05, 3.63) is 57.7 Å². The molecule has 0 atom stereocenters. The zero-order valence-electron chi connectivity index (χ0n) is 15.5. The molecule has 2 aromatic heterocycles. The summed E-state index contributed by atoms with van der Waals surface area (Å²) in [6.45, 7) is 1.16. The van der Waals surface area contributed by atoms with E-state index in [0.717, 1.165) is 16.3 Å². The fourth-order valence-electron chi connectivity index (χ4n) is 3.39. The van der Waals surface area contributed by atoms with Gasteiger partial charge in [-0.15, -0.1) is 11.3 Å². The van der Waals surface area contributed by atoms with Gasteiger partial charge in [-0.1, -0.05) is 0 Å². The Hall–Kier alpha value is -2.51. The molecule has 0 unspecified atom stereocenters. The normalized spacial score (nSPS) is 14.8. The van der Waals surface area contributed by atoms with E-state index < -0.39 is 0 Å². The van der Waals surface area contributed by atoms with Gasteiger partial charge in [-0.2, -0.15) is 11.3 Å². The van der Waals surface area contributed by atoms with Crippen molar-refractivity contribution in [2.24, 2.45) is 5.92 Å². The second-order valence-electron chi connectivity index (χ2n) is 6.71. The van der Waals surface area contributed by atoms with Crippen molar-refractivity contribution in [1.29, 1.82) is 0 Å². The molecule has 0 spiro atoms. The van der Waals surface area contributed by atoms with Gasteiger partial charge < -0.3 is 9.64 Å². The summed E-state index contributed by atoms with van der Waals surface area (Å²) in [5.41, 5.74) is 2.24. The summed E-state index contributed by atoms with van der Waals surface area (Å²) < 4.78 is 5.14. The monoisotopic (exact) mass is 412 g/mol. The molecule has 1 aliphatic heterocycles. The topological polar surface area (TPSA) is 59.5 Å². The standard InChI is InChI=1S/C21H20N2O3S2/c1-26-17-4-2-14(3-5-17)19(24)15-6-9-23(10-7-15)21(25)18-13-28-20(22-18)16-8-11-27-12-16/h2-5,8,11-13,15H,6-7,9-10H2,1H3. The molecule has 7 heteroatoms. The molecule has 5 nitrogen and oxygen atoms in total. The van der Waals surface area contributed by atoms with Crippen molar-refractivity contribution in [2.75, 3.05) is 20.2 Å². The zero-order chi connectivity index (χ0) is 19.5. The fraction of sp³-hybridized carbons (Fsp3) is 0.286. The van der Waals surface area contributed by atoms with Crippen LogP contribution in [0.3, 0.4) is 0 Å². The van der Waals surface area contributed by atoms with Gasteiger partial charge in [-0.3, -0.25) is 9.59 Å². The van der Waals surface area contributed by atoms with Crippen LogP contribution in [0.5, 0.6) is 5.75 Å². The van der Waals surface area contributed by atoms with Crippen LogP contribution in [0.2, 0.25) is 0 Å². The number of carbonyl (C=O) groups excluding carboxylic acids is 2. The molecule has 1 saturated heterocycles. The summed E-state index contributed by atoms with van der Waals surface area (Å²) in [4.78, 5) is 31.8. The van der Waals surface area contributed by atoms with Crippen LogP contribution >= 0.6 is 22.7 Å². The van der Waals surface area contributed by atoms with Gasteiger partial charge in [0.15, 0.2) is 5.78 Å². The maximum absolute atomic E-state index is 12.8. The number of carbonyl (C=O) groups is 2. The maximum Gasteiger partial charge on any atom is 0.273 e. The van der Waals surface area contributed by atoms with Crippen LogP contribution in [-0.2, 0) is 0 Å². The Balaban J connectivity index is 1.37. The van der Waals surface area contributed by atoms with Gasteiger partial charge in [-0.05, 0) is 48.6 Å². The average molecular weight is 413 g/mol. The minimum absolute atomic E-state index is 0.0470. The number of Topliss-reactive ketones (excluding diaryl/α,β-unsaturated/α-hetero) is 1. The number of piperidine rings is 1. The van der Waals surface area contributed by atoms with Crippen LogP contribution in [0.4, 0.5) is 0 Å². The minimum atomic E-state index is -0.0481. The molecule has 0 N–H and O–H groups in total.